The predicted octanol–water partition coefficient (Wildman–Crippen LogP) is 4.34. The average Bonchev–Trinajstić information content (AvgIpc) is 2.61. The molecule has 0 aliphatic rings. The first-order chi connectivity index (χ1) is 12.7. The molecule has 0 aromatic heterocycles. The number of carbonyl (C=O) groups is 1. The first kappa shape index (κ1) is 21.1. The van der Waals surface area contributed by atoms with E-state index in [1.54, 1.807) is 7.11 Å². The van der Waals surface area contributed by atoms with Crippen LogP contribution in [-0.2, 0) is 0 Å². The molecule has 2 aromatic carbocycles. The van der Waals surface area contributed by atoms with Crippen molar-refractivity contribution in [1.29, 1.82) is 0 Å². The van der Waals surface area contributed by atoms with Crippen LogP contribution in [0.4, 0.5) is 13.2 Å². The summed E-state index contributed by atoms with van der Waals surface area (Å²) in [7, 11) is 5.38. The fraction of sp³-hybridized carbons (Fsp3) is 0.316. The van der Waals surface area contributed by atoms with Gasteiger partial charge in [0.2, 0.25) is 0 Å². The Morgan fingerprint density at radius 3 is 2.33 bits per heavy atom. The molecule has 0 saturated carbocycles. The van der Waals surface area contributed by atoms with Crippen molar-refractivity contribution in [3.8, 4) is 5.75 Å². The molecular weight excluding hydrogens is 377 g/mol. The van der Waals surface area contributed by atoms with E-state index in [1.165, 1.54) is 24.3 Å². The third-order valence-corrected chi connectivity index (χ3v) is 4.67. The number of thioether (sulfide) groups is 1. The lowest BCUT2D eigenvalue weighted by atomic mass is 10.0. The molecule has 8 heteroatoms. The zero-order valence-corrected chi connectivity index (χ0v) is 16.0. The molecule has 146 valence electrons. The number of nitrogens with zero attached hydrogens (tertiary/aromatic N) is 1. The Morgan fingerprint density at radius 2 is 1.78 bits per heavy atom. The second-order valence-corrected chi connectivity index (χ2v) is 7.14. The van der Waals surface area contributed by atoms with Crippen LogP contribution < -0.4 is 10.1 Å². The number of para-hydroxylation sites is 1. The van der Waals surface area contributed by atoms with Crippen LogP contribution in [-0.4, -0.2) is 44.1 Å². The number of alkyl halides is 3. The maximum Gasteiger partial charge on any atom is 0.446 e. The van der Waals surface area contributed by atoms with Crippen LogP contribution in [0, 0.1) is 0 Å². The van der Waals surface area contributed by atoms with Gasteiger partial charge in [0.25, 0.3) is 5.91 Å². The van der Waals surface area contributed by atoms with Gasteiger partial charge in [0.1, 0.15) is 5.75 Å². The minimum atomic E-state index is -4.35. The zero-order valence-electron chi connectivity index (χ0n) is 15.2. The van der Waals surface area contributed by atoms with Crippen LogP contribution in [0.25, 0.3) is 0 Å². The summed E-state index contributed by atoms with van der Waals surface area (Å²) in [5.41, 5.74) is -3.11. The third kappa shape index (κ3) is 6.18. The summed E-state index contributed by atoms with van der Waals surface area (Å²) >= 11 is -0.208. The topological polar surface area (TPSA) is 41.6 Å². The highest BCUT2D eigenvalue weighted by molar-refractivity contribution is 8.00. The number of ether oxygens (including phenoxy) is 1. The number of rotatable bonds is 7. The van der Waals surface area contributed by atoms with Crippen molar-refractivity contribution in [2.75, 3.05) is 27.7 Å². The Kier molecular flexibility index (Phi) is 7.15. The normalized spacial score (nSPS) is 12.7. The van der Waals surface area contributed by atoms with E-state index in [2.05, 4.69) is 5.32 Å². The molecule has 2 aromatic rings. The summed E-state index contributed by atoms with van der Waals surface area (Å²) in [6.45, 7) is 0.325. The maximum atomic E-state index is 12.4. The molecule has 1 N–H and O–H groups in total. The summed E-state index contributed by atoms with van der Waals surface area (Å²) in [6.07, 6.45) is 0. The molecular formula is C19H21F3N2O2S. The van der Waals surface area contributed by atoms with Gasteiger partial charge in [-0.15, -0.1) is 0 Å². The molecule has 1 atom stereocenters. The highest BCUT2D eigenvalue weighted by Crippen LogP contribution is 2.36. The Hall–Kier alpha value is -2.19. The minimum Gasteiger partial charge on any atom is -0.496 e. The lowest BCUT2D eigenvalue weighted by Crippen LogP contribution is -2.34. The van der Waals surface area contributed by atoms with Crippen LogP contribution in [0.15, 0.2) is 53.4 Å². The van der Waals surface area contributed by atoms with E-state index < -0.39 is 5.51 Å². The van der Waals surface area contributed by atoms with E-state index >= 15 is 0 Å². The monoisotopic (exact) mass is 398 g/mol. The number of methoxy groups -OCH3 is 1. The largest absolute Gasteiger partial charge is 0.496 e. The molecule has 0 saturated heterocycles. The van der Waals surface area contributed by atoms with Crippen LogP contribution in [0.2, 0.25) is 0 Å². The second-order valence-electron chi connectivity index (χ2n) is 6.00. The first-order valence-electron chi connectivity index (χ1n) is 8.14. The van der Waals surface area contributed by atoms with Crippen LogP contribution >= 0.6 is 11.8 Å². The fourth-order valence-electron chi connectivity index (χ4n) is 2.61. The van der Waals surface area contributed by atoms with Gasteiger partial charge < -0.3 is 15.0 Å². The van der Waals surface area contributed by atoms with Crippen molar-refractivity contribution in [2.45, 2.75) is 16.4 Å². The van der Waals surface area contributed by atoms with Gasteiger partial charge in [-0.2, -0.15) is 13.2 Å². The van der Waals surface area contributed by atoms with E-state index in [-0.39, 0.29) is 28.6 Å². The summed E-state index contributed by atoms with van der Waals surface area (Å²) < 4.78 is 42.5. The summed E-state index contributed by atoms with van der Waals surface area (Å²) in [5, 5.41) is 2.83. The molecule has 4 nitrogen and oxygen atoms in total. The molecule has 0 heterocycles. The van der Waals surface area contributed by atoms with Gasteiger partial charge in [0.15, 0.2) is 0 Å². The van der Waals surface area contributed by atoms with Gasteiger partial charge in [0.05, 0.1) is 13.2 Å². The van der Waals surface area contributed by atoms with E-state index in [9.17, 15) is 18.0 Å². The molecule has 1 unspecified atom stereocenters. The van der Waals surface area contributed by atoms with Crippen molar-refractivity contribution in [3.63, 3.8) is 0 Å². The van der Waals surface area contributed by atoms with Gasteiger partial charge >= 0.3 is 5.51 Å². The van der Waals surface area contributed by atoms with E-state index in [1.807, 2.05) is 43.3 Å². The fourth-order valence-corrected chi connectivity index (χ4v) is 3.15. The number of halogens is 3. The highest BCUT2D eigenvalue weighted by atomic mass is 32.2. The first-order valence-corrected chi connectivity index (χ1v) is 8.96. The van der Waals surface area contributed by atoms with Gasteiger partial charge in [-0.3, -0.25) is 4.79 Å². The second kappa shape index (κ2) is 9.14. The summed E-state index contributed by atoms with van der Waals surface area (Å²) in [5.74, 6) is 0.374. The standard InChI is InChI=1S/C19H21F3N2O2S/c1-24(2)16(15-6-4-5-7-17(15)26-3)12-23-18(25)13-8-10-14(11-9-13)27-19(20,21)22/h4-11,16H,12H2,1-3H3,(H,23,25). The van der Waals surface area contributed by atoms with Crippen molar-refractivity contribution < 1.29 is 22.7 Å². The molecule has 0 fully saturated rings. The number of hydrogen-bond donors (Lipinski definition) is 1. The minimum absolute atomic E-state index is 0.0410. The van der Waals surface area contributed by atoms with Crippen LogP contribution in [0.1, 0.15) is 22.0 Å². The summed E-state index contributed by atoms with van der Waals surface area (Å²) in [6, 6.07) is 12.8. The van der Waals surface area contributed by atoms with Crippen molar-refractivity contribution in [3.05, 3.63) is 59.7 Å². The van der Waals surface area contributed by atoms with Gasteiger partial charge in [-0.1, -0.05) is 18.2 Å². The van der Waals surface area contributed by atoms with Gasteiger partial charge in [0, 0.05) is 22.6 Å². The van der Waals surface area contributed by atoms with Crippen molar-refractivity contribution >= 4 is 17.7 Å². The molecule has 0 radical (unpaired) electrons. The van der Waals surface area contributed by atoms with Crippen LogP contribution in [0.5, 0.6) is 5.75 Å². The van der Waals surface area contributed by atoms with Crippen molar-refractivity contribution in [1.82, 2.24) is 10.2 Å². The Morgan fingerprint density at radius 1 is 1.15 bits per heavy atom. The number of likely N-dealkylation sites (N-methyl/N-ethyl adjacent to an activating group) is 1. The predicted molar refractivity (Wildman–Crippen MR) is 100 cm³/mol. The maximum absolute atomic E-state index is 12.4. The van der Waals surface area contributed by atoms with E-state index in [0.717, 1.165) is 11.3 Å². The number of benzene rings is 2. The Balaban J connectivity index is 2.06. The van der Waals surface area contributed by atoms with Crippen molar-refractivity contribution in [2.24, 2.45) is 0 Å². The van der Waals surface area contributed by atoms with Crippen LogP contribution in [0.3, 0.4) is 0 Å². The van der Waals surface area contributed by atoms with Gasteiger partial charge in [-0.25, -0.2) is 0 Å². The summed E-state index contributed by atoms with van der Waals surface area (Å²) in [4.78, 5) is 14.4. The number of carbonyl (C=O) groups excluding carboxylic acids is 1. The molecule has 27 heavy (non-hydrogen) atoms. The zero-order chi connectivity index (χ0) is 20.0. The Labute approximate surface area is 160 Å². The number of nitrogens with one attached hydrogen (secondary N) is 1. The van der Waals surface area contributed by atoms with E-state index in [4.69, 9.17) is 4.74 Å². The molecule has 0 aliphatic carbocycles. The highest BCUT2D eigenvalue weighted by Gasteiger charge is 2.29. The Bertz CT molecular complexity index is 764. The smallest absolute Gasteiger partial charge is 0.446 e. The quantitative estimate of drug-likeness (QED) is 0.705. The number of amides is 1. The molecule has 2 rings (SSSR count). The van der Waals surface area contributed by atoms with E-state index in [0.29, 0.717) is 12.1 Å². The third-order valence-electron chi connectivity index (χ3n) is 3.93. The number of hydrogen-bond acceptors (Lipinski definition) is 4. The molecule has 0 bridgehead atoms. The SMILES string of the molecule is COc1ccccc1C(CNC(=O)c1ccc(SC(F)(F)F)cc1)N(C)C. The molecule has 0 aliphatic heterocycles. The average molecular weight is 398 g/mol. The lowest BCUT2D eigenvalue weighted by Gasteiger charge is -2.26. The van der Waals surface area contributed by atoms with Gasteiger partial charge in [-0.05, 0) is 56.2 Å². The molecule has 0 spiro atoms. The lowest BCUT2D eigenvalue weighted by molar-refractivity contribution is -0.0328. The molecule has 1 amide bonds.